The lowest BCUT2D eigenvalue weighted by Gasteiger charge is -2.34. The number of carbonyl (C=O) groups is 1. The van der Waals surface area contributed by atoms with Gasteiger partial charge in [-0.2, -0.15) is 0 Å². The Bertz CT molecular complexity index is 500. The first-order valence-corrected chi connectivity index (χ1v) is 7.66. The fraction of sp³-hybridized carbons (Fsp3) is 0.625. The number of aromatic carboxylic acids is 1. The summed E-state index contributed by atoms with van der Waals surface area (Å²) in [7, 11) is 1.97. The molecule has 5 heteroatoms. The van der Waals surface area contributed by atoms with Crippen molar-refractivity contribution in [3.05, 3.63) is 23.4 Å². The van der Waals surface area contributed by atoms with Gasteiger partial charge in [-0.25, -0.2) is 9.78 Å². The van der Waals surface area contributed by atoms with Crippen LogP contribution >= 0.6 is 0 Å². The molecule has 116 valence electrons. The number of aromatic nitrogens is 1. The minimum Gasteiger partial charge on any atom is -0.478 e. The number of anilines is 1. The van der Waals surface area contributed by atoms with Crippen LogP contribution in [0, 0.1) is 5.92 Å². The third-order valence-electron chi connectivity index (χ3n) is 4.01. The van der Waals surface area contributed by atoms with Gasteiger partial charge in [-0.1, -0.05) is 13.8 Å². The van der Waals surface area contributed by atoms with Gasteiger partial charge in [0.2, 0.25) is 0 Å². The summed E-state index contributed by atoms with van der Waals surface area (Å²) in [6.07, 6.45) is 2.34. The van der Waals surface area contributed by atoms with Gasteiger partial charge < -0.3 is 15.3 Å². The van der Waals surface area contributed by atoms with E-state index in [2.05, 4.69) is 15.2 Å². The third kappa shape index (κ3) is 3.94. The highest BCUT2D eigenvalue weighted by atomic mass is 16.4. The summed E-state index contributed by atoms with van der Waals surface area (Å²) in [6.45, 7) is 6.96. The highest BCUT2D eigenvalue weighted by molar-refractivity contribution is 5.88. The van der Waals surface area contributed by atoms with E-state index in [4.69, 9.17) is 0 Å². The molecule has 1 aliphatic rings. The number of carboxylic acid groups (broad SMARTS) is 1. The SMILES string of the molecule is CNCC1CCCN(c2cc(C(=O)O)cc(C(C)C)n2)C1. The van der Waals surface area contributed by atoms with Crippen molar-refractivity contribution in [2.45, 2.75) is 32.6 Å². The number of hydrogen-bond acceptors (Lipinski definition) is 4. The van der Waals surface area contributed by atoms with Crippen molar-refractivity contribution in [3.63, 3.8) is 0 Å². The van der Waals surface area contributed by atoms with Crippen molar-refractivity contribution in [1.82, 2.24) is 10.3 Å². The fourth-order valence-corrected chi connectivity index (χ4v) is 2.85. The van der Waals surface area contributed by atoms with Crippen molar-refractivity contribution in [2.75, 3.05) is 31.6 Å². The molecule has 21 heavy (non-hydrogen) atoms. The van der Waals surface area contributed by atoms with Crippen LogP contribution in [0.2, 0.25) is 0 Å². The molecule has 0 radical (unpaired) electrons. The molecule has 1 aromatic heterocycles. The molecule has 2 heterocycles. The smallest absolute Gasteiger partial charge is 0.335 e. The van der Waals surface area contributed by atoms with Crippen molar-refractivity contribution in [2.24, 2.45) is 5.92 Å². The Kier molecular flexibility index (Phi) is 5.17. The van der Waals surface area contributed by atoms with Crippen LogP contribution in [0.25, 0.3) is 0 Å². The first kappa shape index (κ1) is 15.8. The topological polar surface area (TPSA) is 65.5 Å². The van der Waals surface area contributed by atoms with Crippen molar-refractivity contribution < 1.29 is 9.90 Å². The highest BCUT2D eigenvalue weighted by Crippen LogP contribution is 2.25. The fourth-order valence-electron chi connectivity index (χ4n) is 2.85. The molecule has 0 aromatic carbocycles. The van der Waals surface area contributed by atoms with E-state index in [0.717, 1.165) is 37.6 Å². The predicted octanol–water partition coefficient (Wildman–Crippen LogP) is 2.34. The molecule has 1 fully saturated rings. The van der Waals surface area contributed by atoms with Gasteiger partial charge in [-0.05, 0) is 50.4 Å². The second-order valence-electron chi connectivity index (χ2n) is 6.11. The molecule has 5 nitrogen and oxygen atoms in total. The van der Waals surface area contributed by atoms with Gasteiger partial charge in [-0.3, -0.25) is 0 Å². The van der Waals surface area contributed by atoms with E-state index in [1.54, 1.807) is 12.1 Å². The molecule has 1 unspecified atom stereocenters. The molecular weight excluding hydrogens is 266 g/mol. The summed E-state index contributed by atoms with van der Waals surface area (Å²) in [5, 5.41) is 12.5. The van der Waals surface area contributed by atoms with Crippen molar-refractivity contribution >= 4 is 11.8 Å². The lowest BCUT2D eigenvalue weighted by atomic mass is 9.98. The summed E-state index contributed by atoms with van der Waals surface area (Å²) >= 11 is 0. The Morgan fingerprint density at radius 2 is 2.29 bits per heavy atom. The van der Waals surface area contributed by atoms with E-state index >= 15 is 0 Å². The van der Waals surface area contributed by atoms with Gasteiger partial charge in [0.25, 0.3) is 0 Å². The Hall–Kier alpha value is -1.62. The lowest BCUT2D eigenvalue weighted by Crippen LogP contribution is -2.39. The molecule has 0 saturated carbocycles. The average molecular weight is 291 g/mol. The van der Waals surface area contributed by atoms with Crippen molar-refractivity contribution in [3.8, 4) is 0 Å². The van der Waals surface area contributed by atoms with Crippen LogP contribution in [-0.2, 0) is 0 Å². The third-order valence-corrected chi connectivity index (χ3v) is 4.01. The zero-order valence-electron chi connectivity index (χ0n) is 13.1. The Morgan fingerprint density at radius 1 is 1.52 bits per heavy atom. The summed E-state index contributed by atoms with van der Waals surface area (Å²) in [6, 6.07) is 3.39. The quantitative estimate of drug-likeness (QED) is 0.871. The Morgan fingerprint density at radius 3 is 2.90 bits per heavy atom. The Balaban J connectivity index is 2.27. The molecule has 0 spiro atoms. The molecule has 2 N–H and O–H groups in total. The number of rotatable bonds is 5. The Labute approximate surface area is 126 Å². The summed E-state index contributed by atoms with van der Waals surface area (Å²) in [5.74, 6) is 0.742. The van der Waals surface area contributed by atoms with Gasteiger partial charge in [0.1, 0.15) is 5.82 Å². The van der Waals surface area contributed by atoms with Gasteiger partial charge in [-0.15, -0.1) is 0 Å². The number of nitrogens with one attached hydrogen (secondary N) is 1. The van der Waals surface area contributed by atoms with Crippen LogP contribution in [0.15, 0.2) is 12.1 Å². The maximum Gasteiger partial charge on any atom is 0.335 e. The number of carboxylic acids is 1. The van der Waals surface area contributed by atoms with E-state index in [9.17, 15) is 9.90 Å². The van der Waals surface area contributed by atoms with Gasteiger partial charge >= 0.3 is 5.97 Å². The first-order valence-electron chi connectivity index (χ1n) is 7.66. The molecule has 0 aliphatic carbocycles. The van der Waals surface area contributed by atoms with E-state index in [-0.39, 0.29) is 5.92 Å². The van der Waals surface area contributed by atoms with Crippen LogP contribution in [-0.4, -0.2) is 42.7 Å². The van der Waals surface area contributed by atoms with Crippen LogP contribution in [0.1, 0.15) is 48.7 Å². The molecule has 0 bridgehead atoms. The number of piperidine rings is 1. The van der Waals surface area contributed by atoms with E-state index in [1.807, 2.05) is 20.9 Å². The summed E-state index contributed by atoms with van der Waals surface area (Å²) in [4.78, 5) is 18.2. The van der Waals surface area contributed by atoms with Gasteiger partial charge in [0, 0.05) is 18.8 Å². The maximum atomic E-state index is 11.3. The van der Waals surface area contributed by atoms with Crippen LogP contribution < -0.4 is 10.2 Å². The second kappa shape index (κ2) is 6.89. The molecule has 0 amide bonds. The second-order valence-corrected chi connectivity index (χ2v) is 6.11. The molecular formula is C16H25N3O2. The highest BCUT2D eigenvalue weighted by Gasteiger charge is 2.22. The maximum absolute atomic E-state index is 11.3. The molecule has 1 aromatic rings. The normalized spacial score (nSPS) is 19.0. The van der Waals surface area contributed by atoms with Crippen LogP contribution in [0.4, 0.5) is 5.82 Å². The molecule has 2 rings (SSSR count). The van der Waals surface area contributed by atoms with Gasteiger partial charge in [0.15, 0.2) is 0 Å². The van der Waals surface area contributed by atoms with Crippen molar-refractivity contribution in [1.29, 1.82) is 0 Å². The standard InChI is InChI=1S/C16H25N3O2/c1-11(2)14-7-13(16(20)21)8-15(18-14)19-6-4-5-12(10-19)9-17-3/h7-8,11-12,17H,4-6,9-10H2,1-3H3,(H,20,21). The zero-order valence-corrected chi connectivity index (χ0v) is 13.1. The van der Waals surface area contributed by atoms with E-state index < -0.39 is 5.97 Å². The minimum atomic E-state index is -0.885. The predicted molar refractivity (Wildman–Crippen MR) is 84.1 cm³/mol. The summed E-state index contributed by atoms with van der Waals surface area (Å²) < 4.78 is 0. The van der Waals surface area contributed by atoms with Gasteiger partial charge in [0.05, 0.1) is 5.56 Å². The molecule has 1 aliphatic heterocycles. The largest absolute Gasteiger partial charge is 0.478 e. The number of hydrogen-bond donors (Lipinski definition) is 2. The number of pyridine rings is 1. The molecule has 1 saturated heterocycles. The first-order chi connectivity index (χ1) is 10.0. The number of nitrogens with zero attached hydrogens (tertiary/aromatic N) is 2. The van der Waals surface area contributed by atoms with Crippen LogP contribution in [0.5, 0.6) is 0 Å². The van der Waals surface area contributed by atoms with Crippen LogP contribution in [0.3, 0.4) is 0 Å². The summed E-state index contributed by atoms with van der Waals surface area (Å²) in [5.41, 5.74) is 1.18. The average Bonchev–Trinajstić information content (AvgIpc) is 2.47. The monoisotopic (exact) mass is 291 g/mol. The lowest BCUT2D eigenvalue weighted by molar-refractivity contribution is 0.0696. The van der Waals surface area contributed by atoms with E-state index in [1.165, 1.54) is 6.42 Å². The minimum absolute atomic E-state index is 0.223. The molecule has 1 atom stereocenters. The zero-order chi connectivity index (χ0) is 15.4. The van der Waals surface area contributed by atoms with E-state index in [0.29, 0.717) is 11.5 Å².